The minimum Gasteiger partial charge on any atom is -0.378 e. The largest absolute Gasteiger partial charge is 0.416 e. The molecule has 0 aliphatic carbocycles. The number of rotatable bonds is 3. The molecule has 192 valence electrons. The maximum absolute atomic E-state index is 13.5. The number of thioether (sulfide) groups is 1. The number of halogens is 3. The number of carbonyl (C=O) groups excluding carboxylic acids is 3. The second-order valence-electron chi connectivity index (χ2n) is 9.38. The first-order valence-corrected chi connectivity index (χ1v) is 12.9. The number of hydrogen-bond donors (Lipinski definition) is 0. The molecule has 0 spiro atoms. The van der Waals surface area contributed by atoms with Gasteiger partial charge >= 0.3 is 11.0 Å². The smallest absolute Gasteiger partial charge is 0.378 e. The van der Waals surface area contributed by atoms with Crippen molar-refractivity contribution in [3.05, 3.63) is 44.4 Å². The lowest BCUT2D eigenvalue weighted by atomic mass is 9.76. The molecular formula is C23H22F3N3O5S2. The average molecular weight is 542 g/mol. The van der Waals surface area contributed by atoms with Gasteiger partial charge in [-0.2, -0.15) is 13.2 Å². The number of benzene rings is 1. The van der Waals surface area contributed by atoms with Gasteiger partial charge in [0.05, 0.1) is 35.4 Å². The van der Waals surface area contributed by atoms with Gasteiger partial charge in [-0.15, -0.1) is 0 Å². The number of anilines is 1. The van der Waals surface area contributed by atoms with Crippen molar-refractivity contribution in [2.24, 2.45) is 5.92 Å². The van der Waals surface area contributed by atoms with E-state index in [1.54, 1.807) is 18.7 Å². The number of imide groups is 1. The number of alkyl halides is 3. The van der Waals surface area contributed by atoms with Crippen molar-refractivity contribution in [1.82, 2.24) is 9.47 Å². The van der Waals surface area contributed by atoms with Gasteiger partial charge in [0.2, 0.25) is 17.7 Å². The number of ether oxygens (including phenoxy) is 1. The molecule has 0 radical (unpaired) electrons. The first-order valence-electron chi connectivity index (χ1n) is 11.2. The van der Waals surface area contributed by atoms with E-state index in [9.17, 15) is 32.3 Å². The van der Waals surface area contributed by atoms with E-state index in [4.69, 9.17) is 4.74 Å². The van der Waals surface area contributed by atoms with Crippen molar-refractivity contribution in [3.63, 3.8) is 0 Å². The van der Waals surface area contributed by atoms with E-state index in [2.05, 4.69) is 0 Å². The fourth-order valence-corrected chi connectivity index (χ4v) is 7.93. The van der Waals surface area contributed by atoms with Crippen LogP contribution in [0.2, 0.25) is 0 Å². The van der Waals surface area contributed by atoms with Gasteiger partial charge in [0, 0.05) is 23.4 Å². The Balaban J connectivity index is 1.49. The van der Waals surface area contributed by atoms with Crippen molar-refractivity contribution < 1.29 is 32.3 Å². The summed E-state index contributed by atoms with van der Waals surface area (Å²) in [5.74, 6) is -2.37. The van der Waals surface area contributed by atoms with Crippen LogP contribution in [0, 0.1) is 5.92 Å². The van der Waals surface area contributed by atoms with Crippen LogP contribution in [0.5, 0.6) is 0 Å². The summed E-state index contributed by atoms with van der Waals surface area (Å²) in [6.45, 7) is 4.95. The van der Waals surface area contributed by atoms with Crippen LogP contribution in [-0.2, 0) is 37.3 Å². The van der Waals surface area contributed by atoms with Crippen LogP contribution in [0.3, 0.4) is 0 Å². The minimum atomic E-state index is -4.63. The fraction of sp³-hybridized carbons (Fsp3) is 0.478. The molecule has 0 saturated carbocycles. The molecular weight excluding hydrogens is 519 g/mol. The average Bonchev–Trinajstić information content (AvgIpc) is 3.28. The van der Waals surface area contributed by atoms with Crippen molar-refractivity contribution in [3.8, 4) is 0 Å². The molecule has 2 unspecified atom stereocenters. The molecule has 2 atom stereocenters. The maximum Gasteiger partial charge on any atom is 0.416 e. The zero-order chi connectivity index (χ0) is 26.0. The highest BCUT2D eigenvalue weighted by Gasteiger charge is 2.59. The standard InChI is InChI=1S/C23H22F3N3O5S2/c1-22(2)15-16(19(32)29(18(15)31)13-5-3-4-12(10-13)23(24,25)26)35-20-17(22)36-21(33)28(20)11-14(30)27-6-8-34-9-7-27/h3-5,10,15-16H,6-9,11H2,1-2H3. The van der Waals surface area contributed by atoms with Gasteiger partial charge in [-0.05, 0) is 18.2 Å². The van der Waals surface area contributed by atoms with Crippen molar-refractivity contribution in [2.75, 3.05) is 31.2 Å². The van der Waals surface area contributed by atoms with Crippen molar-refractivity contribution in [1.29, 1.82) is 0 Å². The number of amides is 3. The molecule has 2 saturated heterocycles. The summed E-state index contributed by atoms with van der Waals surface area (Å²) in [6.07, 6.45) is -4.63. The Hall–Kier alpha value is -2.64. The third kappa shape index (κ3) is 3.97. The Bertz CT molecular complexity index is 1310. The molecule has 3 amide bonds. The summed E-state index contributed by atoms with van der Waals surface area (Å²) in [5.41, 5.74) is -2.06. The van der Waals surface area contributed by atoms with Crippen molar-refractivity contribution >= 4 is 46.5 Å². The maximum atomic E-state index is 13.5. The van der Waals surface area contributed by atoms with Gasteiger partial charge in [0.1, 0.15) is 11.8 Å². The Kier molecular flexibility index (Phi) is 6.07. The van der Waals surface area contributed by atoms with E-state index in [0.29, 0.717) is 36.2 Å². The number of hydrogen-bond acceptors (Lipinski definition) is 7. The number of nitrogens with zero attached hydrogens (tertiary/aromatic N) is 3. The summed E-state index contributed by atoms with van der Waals surface area (Å²) < 4.78 is 46.4. The second kappa shape index (κ2) is 8.73. The van der Waals surface area contributed by atoms with E-state index in [1.165, 1.54) is 10.6 Å². The van der Waals surface area contributed by atoms with Crippen LogP contribution in [-0.4, -0.2) is 58.7 Å². The van der Waals surface area contributed by atoms with Crippen LogP contribution in [0.1, 0.15) is 24.3 Å². The molecule has 4 heterocycles. The minimum absolute atomic E-state index is 0.145. The summed E-state index contributed by atoms with van der Waals surface area (Å²) in [7, 11) is 0. The zero-order valence-electron chi connectivity index (χ0n) is 19.3. The van der Waals surface area contributed by atoms with Gasteiger partial charge in [-0.3, -0.25) is 23.7 Å². The first kappa shape index (κ1) is 25.0. The summed E-state index contributed by atoms with van der Waals surface area (Å²) >= 11 is 1.96. The van der Waals surface area contributed by atoms with Crippen LogP contribution in [0.25, 0.3) is 0 Å². The summed E-state index contributed by atoms with van der Waals surface area (Å²) in [5, 5.41) is -0.488. The van der Waals surface area contributed by atoms with Gasteiger partial charge in [-0.1, -0.05) is 43.0 Å². The van der Waals surface area contributed by atoms with Gasteiger partial charge in [0.15, 0.2) is 0 Å². The Labute approximate surface area is 212 Å². The topological polar surface area (TPSA) is 88.9 Å². The third-order valence-corrected chi connectivity index (χ3v) is 9.62. The Morgan fingerprint density at radius 1 is 1.14 bits per heavy atom. The first-order chi connectivity index (χ1) is 16.9. The molecule has 36 heavy (non-hydrogen) atoms. The van der Waals surface area contributed by atoms with Crippen molar-refractivity contribution in [2.45, 2.75) is 42.3 Å². The SMILES string of the molecule is CC1(C)c2sc(=O)n(CC(=O)N3CCOCC3)c2SC2C(=O)N(c3cccc(C(F)(F)F)c3)C(=O)C21. The molecule has 0 bridgehead atoms. The highest BCUT2D eigenvalue weighted by Crippen LogP contribution is 2.54. The number of fused-ring (bicyclic) bond motifs is 2. The Morgan fingerprint density at radius 3 is 2.50 bits per heavy atom. The molecule has 5 rings (SSSR count). The quantitative estimate of drug-likeness (QED) is 0.556. The van der Waals surface area contributed by atoms with E-state index in [0.717, 1.165) is 46.2 Å². The molecule has 3 aliphatic rings. The number of morpholine rings is 1. The lowest BCUT2D eigenvalue weighted by molar-refractivity contribution is -0.138. The highest BCUT2D eigenvalue weighted by molar-refractivity contribution is 8.00. The molecule has 2 fully saturated rings. The molecule has 8 nitrogen and oxygen atoms in total. The lowest BCUT2D eigenvalue weighted by Gasteiger charge is -2.36. The molecule has 0 N–H and O–H groups in total. The van der Waals surface area contributed by atoms with Crippen LogP contribution < -0.4 is 9.77 Å². The monoisotopic (exact) mass is 541 g/mol. The van der Waals surface area contributed by atoms with Crippen LogP contribution in [0.15, 0.2) is 34.1 Å². The van der Waals surface area contributed by atoms with Crippen LogP contribution >= 0.6 is 23.1 Å². The predicted octanol–water partition coefficient (Wildman–Crippen LogP) is 2.73. The van der Waals surface area contributed by atoms with E-state index < -0.39 is 40.1 Å². The summed E-state index contributed by atoms with van der Waals surface area (Å²) in [6, 6.07) is 4.12. The fourth-order valence-electron chi connectivity index (χ4n) is 4.89. The second-order valence-corrected chi connectivity index (χ2v) is 11.5. The molecule has 13 heteroatoms. The van der Waals surface area contributed by atoms with Gasteiger partial charge in [-0.25, -0.2) is 4.90 Å². The predicted molar refractivity (Wildman–Crippen MR) is 126 cm³/mol. The summed E-state index contributed by atoms with van der Waals surface area (Å²) in [4.78, 5) is 55.3. The van der Waals surface area contributed by atoms with Gasteiger partial charge < -0.3 is 9.64 Å². The van der Waals surface area contributed by atoms with E-state index >= 15 is 0 Å². The number of thiazole rings is 1. The van der Waals surface area contributed by atoms with E-state index in [1.807, 2.05) is 0 Å². The molecule has 1 aromatic carbocycles. The highest BCUT2D eigenvalue weighted by atomic mass is 32.2. The molecule has 3 aliphatic heterocycles. The number of carbonyl (C=O) groups is 3. The lowest BCUT2D eigenvalue weighted by Crippen LogP contribution is -2.44. The van der Waals surface area contributed by atoms with E-state index in [-0.39, 0.29) is 23.0 Å². The number of aromatic nitrogens is 1. The Morgan fingerprint density at radius 2 is 1.83 bits per heavy atom. The molecule has 2 aromatic rings. The normalized spacial score (nSPS) is 23.6. The van der Waals surface area contributed by atoms with Gasteiger partial charge in [0.25, 0.3) is 0 Å². The third-order valence-electron chi connectivity index (χ3n) is 6.79. The zero-order valence-corrected chi connectivity index (χ0v) is 21.0. The van der Waals surface area contributed by atoms with Crippen LogP contribution in [0.4, 0.5) is 18.9 Å². The molecule has 1 aromatic heterocycles.